The van der Waals surface area contributed by atoms with Crippen molar-refractivity contribution in [1.29, 1.82) is 0 Å². The third-order valence-corrected chi connectivity index (χ3v) is 12.0. The first-order valence-electron chi connectivity index (χ1n) is 18.9. The van der Waals surface area contributed by atoms with E-state index in [9.17, 15) is 8.42 Å². The van der Waals surface area contributed by atoms with Gasteiger partial charge in [-0.2, -0.15) is 0 Å². The van der Waals surface area contributed by atoms with E-state index in [0.29, 0.717) is 71.7 Å². The van der Waals surface area contributed by atoms with E-state index in [1.165, 1.54) is 6.07 Å². The Morgan fingerprint density at radius 1 is 0.567 bits per heavy atom. The Morgan fingerprint density at radius 2 is 1.03 bits per heavy atom. The molecule has 2 aromatic heterocycles. The average molecular weight is 900 g/mol. The lowest BCUT2D eigenvalue weighted by Gasteiger charge is -2.14. The quantitative estimate of drug-likeness (QED) is 0.0532. The second kappa shape index (κ2) is 22.8. The van der Waals surface area contributed by atoms with Crippen LogP contribution in [-0.2, 0) is 32.5 Å². The number of sulfone groups is 1. The number of rotatable bonds is 20. The van der Waals surface area contributed by atoms with Crippen LogP contribution in [0.5, 0.6) is 34.5 Å². The van der Waals surface area contributed by atoms with Crippen LogP contribution in [0, 0.1) is 0 Å². The smallest absolute Gasteiger partial charge is 0.195 e. The number of nitrogens with zero attached hydrogens (tertiary/aromatic N) is 2. The molecule has 6 rings (SSSR count). The number of halogens is 2. The predicted octanol–water partition coefficient (Wildman–Crippen LogP) is 9.91. The van der Waals surface area contributed by atoms with Gasteiger partial charge in [0.05, 0.1) is 44.2 Å². The van der Waals surface area contributed by atoms with Crippen LogP contribution in [0.2, 0.25) is 10.0 Å². The molecule has 0 fully saturated rings. The number of benzene rings is 4. The number of aromatic nitrogens is 2. The van der Waals surface area contributed by atoms with Crippen LogP contribution in [0.4, 0.5) is 0 Å². The van der Waals surface area contributed by atoms with Crippen molar-refractivity contribution in [2.24, 2.45) is 0 Å². The van der Waals surface area contributed by atoms with Crippen LogP contribution in [0.3, 0.4) is 0 Å². The van der Waals surface area contributed by atoms with Gasteiger partial charge in [0, 0.05) is 37.1 Å². The second-order valence-corrected chi connectivity index (χ2v) is 17.0. The summed E-state index contributed by atoms with van der Waals surface area (Å²) < 4.78 is 68.9. The molecule has 0 spiro atoms. The molecule has 320 valence electrons. The molecule has 0 aliphatic carbocycles. The fourth-order valence-electron chi connectivity index (χ4n) is 5.60. The highest BCUT2D eigenvalue weighted by atomic mass is 35.5. The van der Waals surface area contributed by atoms with Crippen LogP contribution in [-0.4, -0.2) is 84.8 Å². The molecule has 12 nitrogen and oxygen atoms in total. The lowest BCUT2D eigenvalue weighted by atomic mass is 10.2. The molecule has 0 bridgehead atoms. The molecule has 0 atom stereocenters. The summed E-state index contributed by atoms with van der Waals surface area (Å²) in [5.74, 6) is 4.46. The van der Waals surface area contributed by atoms with Crippen LogP contribution >= 0.6 is 35.0 Å². The topological polar surface area (TPSA) is 134 Å². The number of pyridine rings is 2. The van der Waals surface area contributed by atoms with Crippen molar-refractivity contribution in [1.82, 2.24) is 9.97 Å². The summed E-state index contributed by atoms with van der Waals surface area (Å²) >= 11 is 14.8. The predicted molar refractivity (Wildman–Crippen MR) is 237 cm³/mol. The first-order valence-corrected chi connectivity index (χ1v) is 22.3. The number of thioether (sulfide) groups is 1. The van der Waals surface area contributed by atoms with Crippen molar-refractivity contribution in [3.05, 3.63) is 106 Å². The van der Waals surface area contributed by atoms with Gasteiger partial charge in [-0.1, -0.05) is 61.3 Å². The zero-order chi connectivity index (χ0) is 43.1. The molecule has 2 heterocycles. The zero-order valence-electron chi connectivity index (χ0n) is 34.3. The first kappa shape index (κ1) is 46.4. The number of methoxy groups -OCH3 is 4. The molecule has 0 radical (unpaired) electrons. The van der Waals surface area contributed by atoms with Crippen molar-refractivity contribution in [2.75, 3.05) is 66.4 Å². The summed E-state index contributed by atoms with van der Waals surface area (Å²) in [7, 11) is 2.87. The lowest BCUT2D eigenvalue weighted by molar-refractivity contribution is 0.146. The molecule has 60 heavy (non-hydrogen) atoms. The molecular weight excluding hydrogens is 852 g/mol. The highest BCUT2D eigenvalue weighted by Crippen LogP contribution is 2.39. The van der Waals surface area contributed by atoms with E-state index in [-0.39, 0.29) is 22.4 Å². The van der Waals surface area contributed by atoms with Crippen LogP contribution < -0.4 is 28.4 Å². The van der Waals surface area contributed by atoms with E-state index in [1.807, 2.05) is 66.7 Å². The Labute approximate surface area is 365 Å². The number of fused-ring (bicyclic) bond motifs is 2. The molecule has 0 unspecified atom stereocenters. The number of ether oxygens (including phenoxy) is 8. The Hall–Kier alpha value is -4.70. The monoisotopic (exact) mass is 898 g/mol. The molecule has 6 aromatic rings. The maximum absolute atomic E-state index is 12.5. The highest BCUT2D eigenvalue weighted by molar-refractivity contribution is 7.99. The Bertz CT molecular complexity index is 2440. The van der Waals surface area contributed by atoms with Gasteiger partial charge in [-0.05, 0) is 65.4 Å². The lowest BCUT2D eigenvalue weighted by Crippen LogP contribution is -2.08. The van der Waals surface area contributed by atoms with Gasteiger partial charge in [0.2, 0.25) is 0 Å². The Kier molecular flexibility index (Phi) is 17.6. The molecule has 0 aliphatic rings. The minimum Gasteiger partial charge on any atom is -0.497 e. The van der Waals surface area contributed by atoms with Gasteiger partial charge >= 0.3 is 0 Å². The third-order valence-electron chi connectivity index (χ3n) is 8.83. The van der Waals surface area contributed by atoms with Crippen LogP contribution in [0.1, 0.15) is 25.0 Å². The fourth-order valence-corrected chi connectivity index (χ4v) is 7.58. The molecule has 16 heteroatoms. The van der Waals surface area contributed by atoms with E-state index >= 15 is 0 Å². The van der Waals surface area contributed by atoms with Crippen molar-refractivity contribution < 1.29 is 46.3 Å². The summed E-state index contributed by atoms with van der Waals surface area (Å²) in [5, 5.41) is 2.90. The maximum Gasteiger partial charge on any atom is 0.195 e. The molecule has 0 saturated heterocycles. The standard InChI is InChI=1S/C22H24ClNO6S.C22H24ClNO4S/c1-4-31(25,26)20-13-19(30-14-15-5-7-16(28-3)8-6-15)17-9-10-18(29-12-11-27-2)21(23)22(17)24-20;1-4-29-20-13-19(28-14-15-5-7-16(26-3)8-6-15)17-9-10-18(27-12-11-25-2)21(23)22(17)24-20/h5-10,13H,4,11-12,14H2,1-3H3;5-10,13H,4,11-12,14H2,1-3H3. The number of hydrogen-bond acceptors (Lipinski definition) is 13. The average Bonchev–Trinajstić information content (AvgIpc) is 3.27. The Balaban J connectivity index is 0.000000228. The summed E-state index contributed by atoms with van der Waals surface area (Å²) in [6.45, 7) is 5.92. The second-order valence-electron chi connectivity index (χ2n) is 12.8. The van der Waals surface area contributed by atoms with Gasteiger partial charge in [0.1, 0.15) is 76.0 Å². The van der Waals surface area contributed by atoms with Crippen LogP contribution in [0.25, 0.3) is 21.8 Å². The van der Waals surface area contributed by atoms with E-state index in [4.69, 9.17) is 66.1 Å². The molecule has 0 saturated carbocycles. The van der Waals surface area contributed by atoms with Gasteiger partial charge in [-0.3, -0.25) is 0 Å². The molecule has 4 aromatic carbocycles. The van der Waals surface area contributed by atoms with E-state index in [2.05, 4.69) is 11.9 Å². The van der Waals surface area contributed by atoms with Crippen LogP contribution in [0.15, 0.2) is 95.0 Å². The van der Waals surface area contributed by atoms with E-state index in [0.717, 1.165) is 44.5 Å². The van der Waals surface area contributed by atoms with Gasteiger partial charge < -0.3 is 37.9 Å². The summed E-state index contributed by atoms with van der Waals surface area (Å²) in [6, 6.07) is 25.8. The summed E-state index contributed by atoms with van der Waals surface area (Å²) in [4.78, 5) is 9.03. The molecular formula is C44H48Cl2N2O10S2. The number of hydrogen-bond donors (Lipinski definition) is 0. The largest absolute Gasteiger partial charge is 0.497 e. The Morgan fingerprint density at radius 3 is 1.47 bits per heavy atom. The van der Waals surface area contributed by atoms with Gasteiger partial charge in [-0.15, -0.1) is 11.8 Å². The maximum atomic E-state index is 12.5. The van der Waals surface area contributed by atoms with Crippen molar-refractivity contribution in [3.63, 3.8) is 0 Å². The zero-order valence-corrected chi connectivity index (χ0v) is 37.4. The molecule has 0 aliphatic heterocycles. The first-order chi connectivity index (χ1) is 29.0. The fraction of sp³-hybridized carbons (Fsp3) is 0.318. The minimum atomic E-state index is -3.58. The van der Waals surface area contributed by atoms with Gasteiger partial charge in [0.25, 0.3) is 0 Å². The SMILES string of the molecule is CCS(=O)(=O)c1cc(OCc2ccc(OC)cc2)c2ccc(OCCOC)c(Cl)c2n1.CCSc1cc(OCc2ccc(OC)cc2)c2ccc(OCCOC)c(Cl)c2n1. The van der Waals surface area contributed by atoms with Crippen molar-refractivity contribution in [3.8, 4) is 34.5 Å². The summed E-state index contributed by atoms with van der Waals surface area (Å²) in [6.07, 6.45) is 0. The van der Waals surface area contributed by atoms with Crippen molar-refractivity contribution >= 4 is 66.6 Å². The van der Waals surface area contributed by atoms with Gasteiger partial charge in [0.15, 0.2) is 14.9 Å². The van der Waals surface area contributed by atoms with E-state index in [1.54, 1.807) is 59.3 Å². The third kappa shape index (κ3) is 12.2. The highest BCUT2D eigenvalue weighted by Gasteiger charge is 2.21. The van der Waals surface area contributed by atoms with Gasteiger partial charge in [-0.25, -0.2) is 18.4 Å². The molecule has 0 N–H and O–H groups in total. The summed E-state index contributed by atoms with van der Waals surface area (Å²) in [5.41, 5.74) is 2.92. The minimum absolute atomic E-state index is 0.0922. The van der Waals surface area contributed by atoms with E-state index < -0.39 is 9.84 Å². The normalized spacial score (nSPS) is 11.2. The molecule has 0 amide bonds. The van der Waals surface area contributed by atoms with Crippen molar-refractivity contribution in [2.45, 2.75) is 37.1 Å².